The molecule has 3 heterocycles. The van der Waals surface area contributed by atoms with Gasteiger partial charge in [-0.15, -0.1) is 0 Å². The van der Waals surface area contributed by atoms with Crippen LogP contribution in [0.1, 0.15) is 7.43 Å². The lowest BCUT2D eigenvalue weighted by Gasteiger charge is -2.26. The second kappa shape index (κ2) is 7.02. The van der Waals surface area contributed by atoms with Crippen LogP contribution in [0.3, 0.4) is 0 Å². The molecular formula is C21H24N4O. The summed E-state index contributed by atoms with van der Waals surface area (Å²) in [4.78, 5) is 12.3. The maximum Gasteiger partial charge on any atom is 0.160 e. The Morgan fingerprint density at radius 3 is 2.35 bits per heavy atom. The summed E-state index contributed by atoms with van der Waals surface area (Å²) >= 11 is 0. The number of ether oxygens (including phenoxy) is 1. The molecule has 0 aliphatic carbocycles. The number of hydrogen-bond acceptors (Lipinski definition) is 4. The zero-order valence-electron chi connectivity index (χ0n) is 14.1. The first-order valence-electron chi connectivity index (χ1n) is 8.84. The standard InChI is InChI=1S/C20H20N4O.CH4/c1-4-8-18-15(5-1)19-20(22-17-7-3-2-6-16(17)21-19)24(18)10-9-23-11-13-25-14-12-23;/h1-8H,9-14H2;1H4. The van der Waals surface area contributed by atoms with E-state index in [-0.39, 0.29) is 7.43 Å². The van der Waals surface area contributed by atoms with E-state index in [1.54, 1.807) is 0 Å². The molecule has 0 N–H and O–H groups in total. The predicted octanol–water partition coefficient (Wildman–Crippen LogP) is 3.71. The smallest absolute Gasteiger partial charge is 0.160 e. The van der Waals surface area contributed by atoms with E-state index in [4.69, 9.17) is 14.7 Å². The largest absolute Gasteiger partial charge is 0.379 e. The molecule has 1 aliphatic heterocycles. The molecule has 0 atom stereocenters. The lowest BCUT2D eigenvalue weighted by Crippen LogP contribution is -2.38. The summed E-state index contributed by atoms with van der Waals surface area (Å²) in [5.41, 5.74) is 5.09. The van der Waals surface area contributed by atoms with Crippen LogP contribution in [0.15, 0.2) is 48.5 Å². The molecule has 0 unspecified atom stereocenters. The number of nitrogens with zero attached hydrogens (tertiary/aromatic N) is 4. The fraction of sp³-hybridized carbons (Fsp3) is 0.333. The van der Waals surface area contributed by atoms with Crippen LogP contribution in [0.4, 0.5) is 0 Å². The summed E-state index contributed by atoms with van der Waals surface area (Å²) in [5.74, 6) is 0. The van der Waals surface area contributed by atoms with Crippen LogP contribution >= 0.6 is 0 Å². The van der Waals surface area contributed by atoms with E-state index in [2.05, 4.69) is 33.7 Å². The Kier molecular flexibility index (Phi) is 4.57. The average molecular weight is 348 g/mol. The van der Waals surface area contributed by atoms with Crippen molar-refractivity contribution >= 4 is 33.1 Å². The number of morpholine rings is 1. The third-order valence-corrected chi connectivity index (χ3v) is 5.00. The minimum Gasteiger partial charge on any atom is -0.379 e. The zero-order valence-corrected chi connectivity index (χ0v) is 14.1. The fourth-order valence-corrected chi connectivity index (χ4v) is 3.68. The first kappa shape index (κ1) is 16.9. The van der Waals surface area contributed by atoms with Gasteiger partial charge in [0.2, 0.25) is 0 Å². The molecule has 2 aromatic carbocycles. The molecule has 0 saturated carbocycles. The number of aromatic nitrogens is 3. The maximum absolute atomic E-state index is 5.45. The van der Waals surface area contributed by atoms with E-state index < -0.39 is 0 Å². The molecule has 0 amide bonds. The Hall–Kier alpha value is -2.50. The van der Waals surface area contributed by atoms with E-state index in [0.29, 0.717) is 0 Å². The van der Waals surface area contributed by atoms with Crippen LogP contribution in [-0.4, -0.2) is 52.3 Å². The number of benzene rings is 2. The summed E-state index contributed by atoms with van der Waals surface area (Å²) in [5, 5.41) is 1.18. The Labute approximate surface area is 153 Å². The van der Waals surface area contributed by atoms with Crippen molar-refractivity contribution in [3.05, 3.63) is 48.5 Å². The van der Waals surface area contributed by atoms with Gasteiger partial charge in [-0.25, -0.2) is 9.97 Å². The fourth-order valence-electron chi connectivity index (χ4n) is 3.68. The van der Waals surface area contributed by atoms with Gasteiger partial charge < -0.3 is 9.30 Å². The Bertz CT molecular complexity index is 1050. The molecule has 1 aliphatic rings. The van der Waals surface area contributed by atoms with Gasteiger partial charge in [-0.05, 0) is 18.2 Å². The van der Waals surface area contributed by atoms with Crippen molar-refractivity contribution in [3.8, 4) is 0 Å². The molecule has 1 saturated heterocycles. The molecule has 134 valence electrons. The van der Waals surface area contributed by atoms with Gasteiger partial charge in [-0.2, -0.15) is 0 Å². The summed E-state index contributed by atoms with van der Waals surface area (Å²) in [6, 6.07) is 16.6. The van der Waals surface area contributed by atoms with Gasteiger partial charge in [-0.1, -0.05) is 37.8 Å². The highest BCUT2D eigenvalue weighted by molar-refractivity contribution is 6.06. The second-order valence-electron chi connectivity index (χ2n) is 6.51. The van der Waals surface area contributed by atoms with E-state index in [0.717, 1.165) is 61.6 Å². The quantitative estimate of drug-likeness (QED) is 0.566. The highest BCUT2D eigenvalue weighted by Crippen LogP contribution is 2.28. The van der Waals surface area contributed by atoms with Crippen LogP contribution in [0.5, 0.6) is 0 Å². The SMILES string of the molecule is C.c1ccc2nc3c(nc2c1)c1ccccc1n3CCN1CCOCC1. The van der Waals surface area contributed by atoms with E-state index >= 15 is 0 Å². The molecule has 2 aromatic heterocycles. The summed E-state index contributed by atoms with van der Waals surface area (Å²) in [7, 11) is 0. The van der Waals surface area contributed by atoms with Crippen molar-refractivity contribution in [3.63, 3.8) is 0 Å². The second-order valence-corrected chi connectivity index (χ2v) is 6.51. The van der Waals surface area contributed by atoms with Crippen molar-refractivity contribution < 1.29 is 4.74 Å². The molecule has 0 spiro atoms. The third kappa shape index (κ3) is 2.83. The molecule has 1 fully saturated rings. The van der Waals surface area contributed by atoms with Gasteiger partial charge in [-0.3, -0.25) is 4.90 Å². The Morgan fingerprint density at radius 1 is 0.846 bits per heavy atom. The molecule has 26 heavy (non-hydrogen) atoms. The van der Waals surface area contributed by atoms with Crippen molar-refractivity contribution in [2.24, 2.45) is 0 Å². The van der Waals surface area contributed by atoms with Crippen LogP contribution < -0.4 is 0 Å². The predicted molar refractivity (Wildman–Crippen MR) is 107 cm³/mol. The average Bonchev–Trinajstić information content (AvgIpc) is 2.98. The highest BCUT2D eigenvalue weighted by Gasteiger charge is 2.16. The number of para-hydroxylation sites is 3. The highest BCUT2D eigenvalue weighted by atomic mass is 16.5. The summed E-state index contributed by atoms with van der Waals surface area (Å²) in [6.45, 7) is 5.59. The van der Waals surface area contributed by atoms with Gasteiger partial charge >= 0.3 is 0 Å². The molecule has 0 bridgehead atoms. The maximum atomic E-state index is 5.45. The number of fused-ring (bicyclic) bond motifs is 4. The molecule has 0 radical (unpaired) electrons. The normalized spacial score (nSPS) is 15.5. The Balaban J connectivity index is 0.00000168. The van der Waals surface area contributed by atoms with Crippen LogP contribution in [0.2, 0.25) is 0 Å². The van der Waals surface area contributed by atoms with E-state index in [1.165, 1.54) is 10.9 Å². The summed E-state index contributed by atoms with van der Waals surface area (Å²) < 4.78 is 7.77. The minimum atomic E-state index is 0. The molecule has 5 rings (SSSR count). The first-order valence-corrected chi connectivity index (χ1v) is 8.84. The first-order chi connectivity index (χ1) is 12.4. The van der Waals surface area contributed by atoms with Gasteiger partial charge in [0.1, 0.15) is 5.52 Å². The number of hydrogen-bond donors (Lipinski definition) is 0. The third-order valence-electron chi connectivity index (χ3n) is 5.00. The van der Waals surface area contributed by atoms with Crippen molar-refractivity contribution in [1.82, 2.24) is 19.4 Å². The van der Waals surface area contributed by atoms with Gasteiger partial charge in [0.15, 0.2) is 5.65 Å². The topological polar surface area (TPSA) is 43.2 Å². The molecular weight excluding hydrogens is 324 g/mol. The summed E-state index contributed by atoms with van der Waals surface area (Å²) in [6.07, 6.45) is 0. The Morgan fingerprint density at radius 2 is 1.54 bits per heavy atom. The van der Waals surface area contributed by atoms with Crippen LogP contribution in [-0.2, 0) is 11.3 Å². The van der Waals surface area contributed by atoms with E-state index in [9.17, 15) is 0 Å². The number of rotatable bonds is 3. The van der Waals surface area contributed by atoms with Crippen molar-refractivity contribution in [1.29, 1.82) is 0 Å². The molecule has 5 heteroatoms. The van der Waals surface area contributed by atoms with Crippen molar-refractivity contribution in [2.75, 3.05) is 32.8 Å². The van der Waals surface area contributed by atoms with Gasteiger partial charge in [0.25, 0.3) is 0 Å². The van der Waals surface area contributed by atoms with Crippen LogP contribution in [0.25, 0.3) is 33.1 Å². The molecule has 5 nitrogen and oxygen atoms in total. The lowest BCUT2D eigenvalue weighted by atomic mass is 10.2. The van der Waals surface area contributed by atoms with Gasteiger partial charge in [0, 0.05) is 31.6 Å². The van der Waals surface area contributed by atoms with Crippen molar-refractivity contribution in [2.45, 2.75) is 14.0 Å². The lowest BCUT2D eigenvalue weighted by molar-refractivity contribution is 0.0366. The zero-order chi connectivity index (χ0) is 16.6. The van der Waals surface area contributed by atoms with Crippen LogP contribution in [0, 0.1) is 0 Å². The molecule has 4 aromatic rings. The monoisotopic (exact) mass is 348 g/mol. The van der Waals surface area contributed by atoms with E-state index in [1.807, 2.05) is 24.3 Å². The minimum absolute atomic E-state index is 0. The van der Waals surface area contributed by atoms with Gasteiger partial charge in [0.05, 0.1) is 29.8 Å².